The highest BCUT2D eigenvalue weighted by Crippen LogP contribution is 2.18. The van der Waals surface area contributed by atoms with Crippen molar-refractivity contribution in [3.63, 3.8) is 0 Å². The molecule has 0 aliphatic heterocycles. The van der Waals surface area contributed by atoms with Gasteiger partial charge in [0.1, 0.15) is 0 Å². The van der Waals surface area contributed by atoms with Crippen molar-refractivity contribution in [1.82, 2.24) is 5.32 Å². The van der Waals surface area contributed by atoms with Crippen LogP contribution < -0.4 is 5.32 Å². The molecular formula is C18H19NO3. The molecule has 2 aromatic rings. The van der Waals surface area contributed by atoms with Gasteiger partial charge in [0.25, 0.3) is 0 Å². The summed E-state index contributed by atoms with van der Waals surface area (Å²) in [5.41, 5.74) is 2.03. The van der Waals surface area contributed by atoms with Gasteiger partial charge < -0.3 is 10.1 Å². The number of benzene rings is 2. The fraction of sp³-hybridized carbons (Fsp3) is 0.222. The van der Waals surface area contributed by atoms with E-state index in [1.807, 2.05) is 60.7 Å². The Kier molecular flexibility index (Phi) is 5.72. The lowest BCUT2D eigenvalue weighted by Crippen LogP contribution is -2.36. The third kappa shape index (κ3) is 4.45. The average Bonchev–Trinajstić information content (AvgIpc) is 2.56. The Labute approximate surface area is 130 Å². The first-order valence-electron chi connectivity index (χ1n) is 7.27. The molecule has 0 aromatic heterocycles. The van der Waals surface area contributed by atoms with Gasteiger partial charge in [-0.25, -0.2) is 4.79 Å². The zero-order valence-electron chi connectivity index (χ0n) is 12.5. The Hall–Kier alpha value is -2.62. The van der Waals surface area contributed by atoms with Crippen molar-refractivity contribution < 1.29 is 14.3 Å². The maximum Gasteiger partial charge on any atom is 0.396 e. The van der Waals surface area contributed by atoms with Gasteiger partial charge in [-0.05, 0) is 24.5 Å². The number of nitrogens with one attached hydrogen (secondary N) is 1. The zero-order valence-corrected chi connectivity index (χ0v) is 12.5. The molecule has 0 radical (unpaired) electrons. The Morgan fingerprint density at radius 3 is 2.18 bits per heavy atom. The molecule has 2 aromatic carbocycles. The van der Waals surface area contributed by atoms with Gasteiger partial charge >= 0.3 is 11.9 Å². The molecule has 0 saturated carbocycles. The van der Waals surface area contributed by atoms with E-state index in [9.17, 15) is 9.59 Å². The fourth-order valence-corrected chi connectivity index (χ4v) is 2.20. The number of carbonyl (C=O) groups excluding carboxylic acids is 2. The summed E-state index contributed by atoms with van der Waals surface area (Å²) in [6, 6.07) is 19.1. The van der Waals surface area contributed by atoms with Crippen LogP contribution in [-0.4, -0.2) is 18.5 Å². The summed E-state index contributed by atoms with van der Waals surface area (Å²) in [5, 5.41) is 2.75. The van der Waals surface area contributed by atoms with Crippen molar-refractivity contribution >= 4 is 11.9 Å². The van der Waals surface area contributed by atoms with Crippen LogP contribution in [0.3, 0.4) is 0 Å². The standard InChI is InChI=1S/C18H19NO3/c1-2-22-18(21)17(20)19-16(15-11-7-4-8-12-15)13-14-9-5-3-6-10-14/h3-12,16H,2,13H2,1H3,(H,19,20)/t16-/m1/s1. The summed E-state index contributed by atoms with van der Waals surface area (Å²) in [6.07, 6.45) is 0.607. The summed E-state index contributed by atoms with van der Waals surface area (Å²) in [7, 11) is 0. The van der Waals surface area contributed by atoms with E-state index in [0.717, 1.165) is 11.1 Å². The highest BCUT2D eigenvalue weighted by Gasteiger charge is 2.21. The molecule has 22 heavy (non-hydrogen) atoms. The van der Waals surface area contributed by atoms with Gasteiger partial charge in [0, 0.05) is 0 Å². The highest BCUT2D eigenvalue weighted by molar-refractivity contribution is 6.32. The van der Waals surface area contributed by atoms with Crippen molar-refractivity contribution in [2.45, 2.75) is 19.4 Å². The Bertz CT molecular complexity index is 611. The molecule has 1 atom stereocenters. The molecule has 0 fully saturated rings. The molecule has 4 heteroatoms. The van der Waals surface area contributed by atoms with Gasteiger partial charge in [-0.2, -0.15) is 0 Å². The minimum atomic E-state index is -0.850. The van der Waals surface area contributed by atoms with Crippen molar-refractivity contribution in [3.05, 3.63) is 71.8 Å². The first-order chi connectivity index (χ1) is 10.7. The van der Waals surface area contributed by atoms with Crippen LogP contribution in [0.5, 0.6) is 0 Å². The second-order valence-corrected chi connectivity index (χ2v) is 4.85. The number of carbonyl (C=O) groups is 2. The molecule has 0 heterocycles. The van der Waals surface area contributed by atoms with Gasteiger partial charge in [-0.1, -0.05) is 60.7 Å². The van der Waals surface area contributed by atoms with E-state index >= 15 is 0 Å². The zero-order chi connectivity index (χ0) is 15.8. The van der Waals surface area contributed by atoms with Crippen LogP contribution in [0.25, 0.3) is 0 Å². The van der Waals surface area contributed by atoms with Crippen LogP contribution in [0.15, 0.2) is 60.7 Å². The number of hydrogen-bond donors (Lipinski definition) is 1. The SMILES string of the molecule is CCOC(=O)C(=O)N[C@H](Cc1ccccc1)c1ccccc1. The lowest BCUT2D eigenvalue weighted by Gasteiger charge is -2.19. The minimum absolute atomic E-state index is 0.181. The van der Waals surface area contributed by atoms with Crippen molar-refractivity contribution in [2.75, 3.05) is 6.61 Å². The third-order valence-electron chi connectivity index (χ3n) is 3.25. The second kappa shape index (κ2) is 7.98. The van der Waals surface area contributed by atoms with Gasteiger partial charge in [0.05, 0.1) is 12.6 Å². The number of rotatable bonds is 5. The first kappa shape index (κ1) is 15.8. The van der Waals surface area contributed by atoms with E-state index in [1.54, 1.807) is 6.92 Å². The van der Waals surface area contributed by atoms with E-state index in [4.69, 9.17) is 4.74 Å². The van der Waals surface area contributed by atoms with Gasteiger partial charge in [0.15, 0.2) is 0 Å². The van der Waals surface area contributed by atoms with Crippen LogP contribution in [0.2, 0.25) is 0 Å². The van der Waals surface area contributed by atoms with Crippen LogP contribution in [0, 0.1) is 0 Å². The van der Waals surface area contributed by atoms with Gasteiger partial charge in [0.2, 0.25) is 0 Å². The molecule has 0 bridgehead atoms. The molecule has 0 aliphatic rings. The monoisotopic (exact) mass is 297 g/mol. The molecule has 4 nitrogen and oxygen atoms in total. The number of hydrogen-bond acceptors (Lipinski definition) is 3. The van der Waals surface area contributed by atoms with Gasteiger partial charge in [-0.3, -0.25) is 4.79 Å². The molecule has 114 valence electrons. The van der Waals surface area contributed by atoms with Gasteiger partial charge in [-0.15, -0.1) is 0 Å². The number of ether oxygens (including phenoxy) is 1. The van der Waals surface area contributed by atoms with E-state index in [2.05, 4.69) is 5.32 Å². The predicted octanol–water partition coefficient (Wildman–Crippen LogP) is 2.65. The summed E-state index contributed by atoms with van der Waals surface area (Å²) in [5.74, 6) is -1.57. The summed E-state index contributed by atoms with van der Waals surface area (Å²) in [4.78, 5) is 23.4. The normalized spacial score (nSPS) is 11.5. The lowest BCUT2D eigenvalue weighted by molar-refractivity contribution is -0.154. The molecule has 0 aliphatic carbocycles. The lowest BCUT2D eigenvalue weighted by atomic mass is 9.99. The third-order valence-corrected chi connectivity index (χ3v) is 3.25. The number of esters is 1. The highest BCUT2D eigenvalue weighted by atomic mass is 16.5. The smallest absolute Gasteiger partial charge is 0.396 e. The molecule has 0 unspecified atom stereocenters. The largest absolute Gasteiger partial charge is 0.459 e. The topological polar surface area (TPSA) is 55.4 Å². The molecule has 0 saturated heterocycles. The Morgan fingerprint density at radius 2 is 1.59 bits per heavy atom. The predicted molar refractivity (Wildman–Crippen MR) is 84.1 cm³/mol. The van der Waals surface area contributed by atoms with Crippen LogP contribution >= 0.6 is 0 Å². The first-order valence-corrected chi connectivity index (χ1v) is 7.27. The second-order valence-electron chi connectivity index (χ2n) is 4.85. The maximum absolute atomic E-state index is 11.9. The number of amides is 1. The molecule has 1 amide bonds. The van der Waals surface area contributed by atoms with E-state index in [0.29, 0.717) is 6.42 Å². The van der Waals surface area contributed by atoms with Crippen molar-refractivity contribution in [1.29, 1.82) is 0 Å². The van der Waals surface area contributed by atoms with E-state index < -0.39 is 11.9 Å². The minimum Gasteiger partial charge on any atom is -0.459 e. The van der Waals surface area contributed by atoms with E-state index in [1.165, 1.54) is 0 Å². The maximum atomic E-state index is 11.9. The summed E-state index contributed by atoms with van der Waals surface area (Å²) >= 11 is 0. The summed E-state index contributed by atoms with van der Waals surface area (Å²) in [6.45, 7) is 1.85. The fourth-order valence-electron chi connectivity index (χ4n) is 2.20. The van der Waals surface area contributed by atoms with Crippen LogP contribution in [0.4, 0.5) is 0 Å². The quantitative estimate of drug-likeness (QED) is 0.682. The molecule has 0 spiro atoms. The average molecular weight is 297 g/mol. The van der Waals surface area contributed by atoms with Crippen molar-refractivity contribution in [3.8, 4) is 0 Å². The summed E-state index contributed by atoms with van der Waals surface area (Å²) < 4.78 is 4.74. The van der Waals surface area contributed by atoms with E-state index in [-0.39, 0.29) is 12.6 Å². The Morgan fingerprint density at radius 1 is 1.00 bits per heavy atom. The molecule has 1 N–H and O–H groups in total. The van der Waals surface area contributed by atoms with Crippen molar-refractivity contribution in [2.24, 2.45) is 0 Å². The van der Waals surface area contributed by atoms with Crippen LogP contribution in [-0.2, 0) is 20.7 Å². The molecular weight excluding hydrogens is 278 g/mol. The molecule has 2 rings (SSSR count). The Balaban J connectivity index is 2.15. The van der Waals surface area contributed by atoms with Crippen LogP contribution in [0.1, 0.15) is 24.1 Å².